The molecule has 0 fully saturated rings. The van der Waals surface area contributed by atoms with Crippen molar-refractivity contribution in [2.45, 2.75) is 27.3 Å². The summed E-state index contributed by atoms with van der Waals surface area (Å²) in [7, 11) is 0. The second kappa shape index (κ2) is 6.27. The van der Waals surface area contributed by atoms with E-state index in [1.165, 1.54) is 22.7 Å². The van der Waals surface area contributed by atoms with Crippen LogP contribution in [0, 0.1) is 13.8 Å². The van der Waals surface area contributed by atoms with Crippen molar-refractivity contribution in [1.29, 1.82) is 0 Å². The van der Waals surface area contributed by atoms with Crippen molar-refractivity contribution >= 4 is 17.0 Å². The molecule has 3 rings (SSSR count). The number of hydrogen-bond acceptors (Lipinski definition) is 5. The molecule has 0 saturated heterocycles. The van der Waals surface area contributed by atoms with Crippen LogP contribution in [0.15, 0.2) is 35.5 Å². The van der Waals surface area contributed by atoms with E-state index in [0.717, 1.165) is 11.3 Å². The summed E-state index contributed by atoms with van der Waals surface area (Å²) in [5.74, 6) is -0.470. The third kappa shape index (κ3) is 2.80. The van der Waals surface area contributed by atoms with Crippen LogP contribution in [0.3, 0.4) is 0 Å². The topological polar surface area (TPSA) is 79.0 Å². The van der Waals surface area contributed by atoms with E-state index in [1.54, 1.807) is 11.6 Å². The van der Waals surface area contributed by atoms with E-state index in [2.05, 4.69) is 10.1 Å². The lowest BCUT2D eigenvalue weighted by molar-refractivity contribution is -0.143. The predicted octanol–water partition coefficient (Wildman–Crippen LogP) is 1.76. The molecule has 0 aliphatic rings. The molecule has 0 bridgehead atoms. The molecule has 0 aliphatic heterocycles. The number of carbonyl (C=O) groups is 1. The van der Waals surface area contributed by atoms with Crippen LogP contribution in [-0.2, 0) is 16.1 Å². The molecule has 2 aromatic heterocycles. The number of carbonyl (C=O) groups excluding carboxylic acids is 1. The number of benzene rings is 1. The summed E-state index contributed by atoms with van der Waals surface area (Å²) >= 11 is 0. The van der Waals surface area contributed by atoms with Crippen LogP contribution >= 0.6 is 0 Å². The second-order valence-corrected chi connectivity index (χ2v) is 5.54. The molecule has 24 heavy (non-hydrogen) atoms. The minimum atomic E-state index is -0.470. The standard InChI is InChI=1S/C17H18N4O3/c1-4-24-15(22)9-20-10-18-16-14(17(20)23)8-19-21(16)13-6-5-11(2)12(3)7-13/h5-8,10H,4,9H2,1-3H3. The summed E-state index contributed by atoms with van der Waals surface area (Å²) in [6.07, 6.45) is 2.82. The number of nitrogens with zero attached hydrogens (tertiary/aromatic N) is 4. The number of esters is 1. The highest BCUT2D eigenvalue weighted by molar-refractivity contribution is 5.76. The van der Waals surface area contributed by atoms with E-state index < -0.39 is 5.97 Å². The van der Waals surface area contributed by atoms with Crippen LogP contribution in [0.1, 0.15) is 18.1 Å². The van der Waals surface area contributed by atoms with Gasteiger partial charge in [0, 0.05) is 0 Å². The number of ether oxygens (including phenoxy) is 1. The molecule has 0 unspecified atom stereocenters. The van der Waals surface area contributed by atoms with Crippen LogP contribution in [-0.4, -0.2) is 31.9 Å². The summed E-state index contributed by atoms with van der Waals surface area (Å²) < 4.78 is 7.72. The Kier molecular flexibility index (Phi) is 4.16. The molecule has 0 saturated carbocycles. The van der Waals surface area contributed by atoms with Gasteiger partial charge in [-0.2, -0.15) is 5.10 Å². The average molecular weight is 326 g/mol. The van der Waals surface area contributed by atoms with Crippen LogP contribution in [0.25, 0.3) is 16.7 Å². The Morgan fingerprint density at radius 1 is 1.25 bits per heavy atom. The zero-order chi connectivity index (χ0) is 17.3. The largest absolute Gasteiger partial charge is 0.465 e. The Hall–Kier alpha value is -2.96. The molecule has 124 valence electrons. The van der Waals surface area contributed by atoms with Crippen molar-refractivity contribution < 1.29 is 9.53 Å². The molecule has 1 aromatic carbocycles. The molecule has 0 atom stereocenters. The van der Waals surface area contributed by atoms with Gasteiger partial charge in [-0.05, 0) is 44.0 Å². The number of hydrogen-bond donors (Lipinski definition) is 0. The fourth-order valence-electron chi connectivity index (χ4n) is 2.45. The maximum atomic E-state index is 12.5. The minimum Gasteiger partial charge on any atom is -0.465 e. The van der Waals surface area contributed by atoms with Gasteiger partial charge in [0.2, 0.25) is 0 Å². The molecule has 0 N–H and O–H groups in total. The summed E-state index contributed by atoms with van der Waals surface area (Å²) in [5, 5.41) is 4.64. The van der Waals surface area contributed by atoms with Gasteiger partial charge in [-0.3, -0.25) is 14.2 Å². The number of rotatable bonds is 4. The average Bonchev–Trinajstić information content (AvgIpc) is 2.98. The SMILES string of the molecule is CCOC(=O)Cn1cnc2c(cnn2-c2ccc(C)c(C)c2)c1=O. The quantitative estimate of drug-likeness (QED) is 0.683. The van der Waals surface area contributed by atoms with Crippen LogP contribution in [0.4, 0.5) is 0 Å². The Balaban J connectivity index is 2.05. The third-order valence-electron chi connectivity index (χ3n) is 3.89. The monoisotopic (exact) mass is 326 g/mol. The van der Waals surface area contributed by atoms with Gasteiger partial charge in [0.15, 0.2) is 5.65 Å². The van der Waals surface area contributed by atoms with Gasteiger partial charge in [0.1, 0.15) is 18.3 Å². The molecule has 0 radical (unpaired) electrons. The first-order chi connectivity index (χ1) is 11.5. The van der Waals surface area contributed by atoms with Gasteiger partial charge >= 0.3 is 5.97 Å². The zero-order valence-electron chi connectivity index (χ0n) is 13.8. The van der Waals surface area contributed by atoms with Crippen molar-refractivity contribution in [3.63, 3.8) is 0 Å². The van der Waals surface area contributed by atoms with Gasteiger partial charge in [-0.15, -0.1) is 0 Å². The lowest BCUT2D eigenvalue weighted by Gasteiger charge is -2.07. The first-order valence-electron chi connectivity index (χ1n) is 7.67. The van der Waals surface area contributed by atoms with E-state index in [1.807, 2.05) is 32.0 Å². The lowest BCUT2D eigenvalue weighted by Crippen LogP contribution is -2.25. The first-order valence-corrected chi connectivity index (χ1v) is 7.67. The van der Waals surface area contributed by atoms with Crippen LogP contribution < -0.4 is 5.56 Å². The number of aromatic nitrogens is 4. The van der Waals surface area contributed by atoms with Crippen molar-refractivity contribution in [3.8, 4) is 5.69 Å². The van der Waals surface area contributed by atoms with Crippen LogP contribution in [0.5, 0.6) is 0 Å². The molecule has 2 heterocycles. The number of fused-ring (bicyclic) bond motifs is 1. The molecular weight excluding hydrogens is 308 g/mol. The van der Waals surface area contributed by atoms with Crippen molar-refractivity contribution in [2.75, 3.05) is 6.61 Å². The van der Waals surface area contributed by atoms with Gasteiger partial charge in [-0.1, -0.05) is 6.07 Å². The Morgan fingerprint density at radius 3 is 2.75 bits per heavy atom. The third-order valence-corrected chi connectivity index (χ3v) is 3.89. The highest BCUT2D eigenvalue weighted by atomic mass is 16.5. The van der Waals surface area contributed by atoms with E-state index in [0.29, 0.717) is 11.0 Å². The maximum absolute atomic E-state index is 12.5. The van der Waals surface area contributed by atoms with E-state index in [9.17, 15) is 9.59 Å². The fourth-order valence-corrected chi connectivity index (χ4v) is 2.45. The Labute approximate surface area is 138 Å². The molecule has 7 nitrogen and oxygen atoms in total. The molecule has 0 spiro atoms. The first kappa shape index (κ1) is 15.9. The molecule has 7 heteroatoms. The molecule has 3 aromatic rings. The van der Waals surface area contributed by atoms with Crippen molar-refractivity contribution in [2.24, 2.45) is 0 Å². The Bertz CT molecular complexity index is 972. The van der Waals surface area contributed by atoms with E-state index in [-0.39, 0.29) is 18.7 Å². The van der Waals surface area contributed by atoms with Crippen LogP contribution in [0.2, 0.25) is 0 Å². The summed E-state index contributed by atoms with van der Waals surface area (Å²) in [4.78, 5) is 28.4. The number of aryl methyl sites for hydroxylation is 2. The summed E-state index contributed by atoms with van der Waals surface area (Å²) in [5.41, 5.74) is 3.29. The highest BCUT2D eigenvalue weighted by Gasteiger charge is 2.13. The van der Waals surface area contributed by atoms with Gasteiger partial charge in [0.05, 0.1) is 18.5 Å². The van der Waals surface area contributed by atoms with E-state index >= 15 is 0 Å². The van der Waals surface area contributed by atoms with Crippen molar-refractivity contribution in [3.05, 3.63) is 52.2 Å². The maximum Gasteiger partial charge on any atom is 0.326 e. The smallest absolute Gasteiger partial charge is 0.326 e. The molecule has 0 amide bonds. The van der Waals surface area contributed by atoms with Gasteiger partial charge in [-0.25, -0.2) is 9.67 Å². The van der Waals surface area contributed by atoms with Gasteiger partial charge < -0.3 is 4.74 Å². The van der Waals surface area contributed by atoms with Crippen molar-refractivity contribution in [1.82, 2.24) is 19.3 Å². The molecular formula is C17H18N4O3. The van der Waals surface area contributed by atoms with E-state index in [4.69, 9.17) is 4.74 Å². The molecule has 0 aliphatic carbocycles. The fraction of sp³-hybridized carbons (Fsp3) is 0.294. The zero-order valence-corrected chi connectivity index (χ0v) is 13.8. The summed E-state index contributed by atoms with van der Waals surface area (Å²) in [6.45, 7) is 5.88. The Morgan fingerprint density at radius 2 is 2.04 bits per heavy atom. The minimum absolute atomic E-state index is 0.162. The summed E-state index contributed by atoms with van der Waals surface area (Å²) in [6, 6.07) is 5.92. The second-order valence-electron chi connectivity index (χ2n) is 5.54. The highest BCUT2D eigenvalue weighted by Crippen LogP contribution is 2.17. The van der Waals surface area contributed by atoms with Gasteiger partial charge in [0.25, 0.3) is 5.56 Å². The lowest BCUT2D eigenvalue weighted by atomic mass is 10.1. The normalized spacial score (nSPS) is 11.0. The predicted molar refractivity (Wildman–Crippen MR) is 89.2 cm³/mol.